The van der Waals surface area contributed by atoms with Gasteiger partial charge in [0.05, 0.1) is 23.6 Å². The van der Waals surface area contributed by atoms with Crippen LogP contribution in [0.3, 0.4) is 0 Å². The highest BCUT2D eigenvalue weighted by atomic mass is 35.5. The van der Waals surface area contributed by atoms with Gasteiger partial charge in [0.2, 0.25) is 0 Å². The lowest BCUT2D eigenvalue weighted by atomic mass is 10.1. The molecule has 5 nitrogen and oxygen atoms in total. The van der Waals surface area contributed by atoms with E-state index in [4.69, 9.17) is 11.6 Å². The molecule has 23 heavy (non-hydrogen) atoms. The molecule has 2 unspecified atom stereocenters. The van der Waals surface area contributed by atoms with Crippen LogP contribution in [-0.2, 0) is 0 Å². The van der Waals surface area contributed by atoms with Gasteiger partial charge in [-0.15, -0.1) is 0 Å². The Hall–Kier alpha value is -1.85. The number of nitrogens with zero attached hydrogens (tertiary/aromatic N) is 2. The summed E-state index contributed by atoms with van der Waals surface area (Å²) < 4.78 is 0. The first-order chi connectivity index (χ1) is 11.1. The normalized spacial score (nSPS) is 19.1. The summed E-state index contributed by atoms with van der Waals surface area (Å²) in [6.07, 6.45) is 3.66. The van der Waals surface area contributed by atoms with E-state index in [1.165, 1.54) is 0 Å². The van der Waals surface area contributed by atoms with Crippen LogP contribution in [0.15, 0.2) is 30.5 Å². The summed E-state index contributed by atoms with van der Waals surface area (Å²) in [5.74, 6) is -0.0446. The maximum Gasteiger partial charge on any atom is 0.257 e. The number of hydrogen-bond acceptors (Lipinski definition) is 3. The predicted molar refractivity (Wildman–Crippen MR) is 89.4 cm³/mol. The van der Waals surface area contributed by atoms with E-state index in [2.05, 4.69) is 10.2 Å². The van der Waals surface area contributed by atoms with Crippen molar-refractivity contribution in [3.8, 4) is 11.3 Å². The highest BCUT2D eigenvalue weighted by Gasteiger charge is 2.32. The van der Waals surface area contributed by atoms with Crippen LogP contribution in [-0.4, -0.2) is 44.8 Å². The summed E-state index contributed by atoms with van der Waals surface area (Å²) in [7, 11) is 0. The highest BCUT2D eigenvalue weighted by Crippen LogP contribution is 2.28. The van der Waals surface area contributed by atoms with Crippen molar-refractivity contribution < 1.29 is 9.90 Å². The molecule has 2 atom stereocenters. The monoisotopic (exact) mass is 333 g/mol. The van der Waals surface area contributed by atoms with Gasteiger partial charge >= 0.3 is 0 Å². The molecule has 2 N–H and O–H groups in total. The average Bonchev–Trinajstić information content (AvgIpc) is 3.14. The number of carbonyl (C=O) groups is 1. The second kappa shape index (κ2) is 6.72. The minimum atomic E-state index is -0.412. The zero-order valence-corrected chi connectivity index (χ0v) is 13.8. The zero-order chi connectivity index (χ0) is 16.4. The molecule has 1 aromatic carbocycles. The molecule has 1 fully saturated rings. The molecule has 1 amide bonds. The fourth-order valence-corrected chi connectivity index (χ4v) is 3.40. The average molecular weight is 334 g/mol. The Morgan fingerprint density at radius 1 is 1.57 bits per heavy atom. The highest BCUT2D eigenvalue weighted by molar-refractivity contribution is 6.30. The van der Waals surface area contributed by atoms with Gasteiger partial charge in [-0.2, -0.15) is 5.10 Å². The van der Waals surface area contributed by atoms with Gasteiger partial charge in [0.1, 0.15) is 0 Å². The molecule has 122 valence electrons. The molecule has 0 saturated carbocycles. The number of aliphatic hydroxyl groups excluding tert-OH is 1. The molecule has 0 bridgehead atoms. The summed E-state index contributed by atoms with van der Waals surface area (Å²) in [4.78, 5) is 14.8. The molecule has 0 radical (unpaired) electrons. The van der Waals surface area contributed by atoms with Crippen LogP contribution in [0.5, 0.6) is 0 Å². The van der Waals surface area contributed by atoms with Gasteiger partial charge in [-0.1, -0.05) is 23.7 Å². The summed E-state index contributed by atoms with van der Waals surface area (Å²) in [6, 6.07) is 7.43. The first-order valence-electron chi connectivity index (χ1n) is 7.84. The number of H-pyrrole nitrogens is 1. The summed E-state index contributed by atoms with van der Waals surface area (Å²) in [5.41, 5.74) is 2.06. The van der Waals surface area contributed by atoms with Crippen LogP contribution in [0, 0.1) is 0 Å². The molecule has 1 aromatic heterocycles. The van der Waals surface area contributed by atoms with Crippen molar-refractivity contribution in [2.75, 3.05) is 6.54 Å². The number of carbonyl (C=O) groups excluding carboxylic acids is 1. The van der Waals surface area contributed by atoms with E-state index in [0.29, 0.717) is 22.7 Å². The van der Waals surface area contributed by atoms with Gasteiger partial charge < -0.3 is 10.0 Å². The van der Waals surface area contributed by atoms with Gasteiger partial charge in [-0.05, 0) is 38.3 Å². The molecule has 2 heterocycles. The maximum atomic E-state index is 12.9. The number of aromatic nitrogens is 2. The van der Waals surface area contributed by atoms with Crippen molar-refractivity contribution in [2.24, 2.45) is 0 Å². The number of aromatic amines is 1. The maximum absolute atomic E-state index is 12.9. The van der Waals surface area contributed by atoms with Crippen LogP contribution in [0.25, 0.3) is 11.3 Å². The molecule has 0 spiro atoms. The van der Waals surface area contributed by atoms with Crippen LogP contribution in [0.1, 0.15) is 36.5 Å². The molecule has 1 aliphatic rings. The Morgan fingerprint density at radius 2 is 2.39 bits per heavy atom. The first kappa shape index (κ1) is 16.0. The number of benzene rings is 1. The fourth-order valence-electron chi connectivity index (χ4n) is 3.21. The number of rotatable bonds is 4. The minimum absolute atomic E-state index is 0.0446. The van der Waals surface area contributed by atoms with Crippen LogP contribution in [0.4, 0.5) is 0 Å². The second-order valence-corrected chi connectivity index (χ2v) is 6.48. The van der Waals surface area contributed by atoms with Crippen molar-refractivity contribution >= 4 is 17.5 Å². The molecular formula is C17H20ClN3O2. The summed E-state index contributed by atoms with van der Waals surface area (Å²) in [6.45, 7) is 2.48. The van der Waals surface area contributed by atoms with E-state index in [1.807, 2.05) is 23.1 Å². The molecule has 2 aromatic rings. The van der Waals surface area contributed by atoms with E-state index in [0.717, 1.165) is 24.9 Å². The second-order valence-electron chi connectivity index (χ2n) is 6.05. The van der Waals surface area contributed by atoms with Crippen molar-refractivity contribution in [2.45, 2.75) is 38.3 Å². The Kier molecular flexibility index (Phi) is 4.68. The van der Waals surface area contributed by atoms with Crippen LogP contribution in [0.2, 0.25) is 5.02 Å². The number of halogens is 1. The summed E-state index contributed by atoms with van der Waals surface area (Å²) >= 11 is 6.04. The fraction of sp³-hybridized carbons (Fsp3) is 0.412. The number of likely N-dealkylation sites (tertiary alicyclic amines) is 1. The van der Waals surface area contributed by atoms with E-state index < -0.39 is 6.10 Å². The molecule has 3 rings (SSSR count). The zero-order valence-electron chi connectivity index (χ0n) is 13.0. The Bertz CT molecular complexity index is 699. The number of hydrogen-bond donors (Lipinski definition) is 2. The van der Waals surface area contributed by atoms with Gasteiger partial charge in [0.25, 0.3) is 5.91 Å². The van der Waals surface area contributed by atoms with Crippen molar-refractivity contribution in [3.63, 3.8) is 0 Å². The Labute approximate surface area is 140 Å². The largest absolute Gasteiger partial charge is 0.393 e. The van der Waals surface area contributed by atoms with Crippen molar-refractivity contribution in [1.82, 2.24) is 15.1 Å². The molecule has 0 aliphatic carbocycles. The van der Waals surface area contributed by atoms with Gasteiger partial charge in [-0.3, -0.25) is 9.89 Å². The quantitative estimate of drug-likeness (QED) is 0.903. The van der Waals surface area contributed by atoms with Gasteiger partial charge in [-0.25, -0.2) is 0 Å². The molecular weight excluding hydrogens is 314 g/mol. The van der Waals surface area contributed by atoms with E-state index in [1.54, 1.807) is 19.2 Å². The SMILES string of the molecule is CC(O)CC1CCCN1C(=O)c1cn[nH]c1-c1cccc(Cl)c1. The predicted octanol–water partition coefficient (Wildman–Crippen LogP) is 3.11. The molecule has 6 heteroatoms. The molecule has 1 aliphatic heterocycles. The van der Waals surface area contributed by atoms with Crippen LogP contribution >= 0.6 is 11.6 Å². The first-order valence-corrected chi connectivity index (χ1v) is 8.22. The van der Waals surface area contributed by atoms with E-state index >= 15 is 0 Å². The van der Waals surface area contributed by atoms with E-state index in [9.17, 15) is 9.90 Å². The lowest BCUT2D eigenvalue weighted by molar-refractivity contribution is 0.0683. The lowest BCUT2D eigenvalue weighted by Gasteiger charge is -2.25. The van der Waals surface area contributed by atoms with Crippen molar-refractivity contribution in [1.29, 1.82) is 0 Å². The third-order valence-electron chi connectivity index (χ3n) is 4.23. The van der Waals surface area contributed by atoms with Crippen LogP contribution < -0.4 is 0 Å². The van der Waals surface area contributed by atoms with Gasteiger partial charge in [0, 0.05) is 23.2 Å². The topological polar surface area (TPSA) is 69.2 Å². The smallest absolute Gasteiger partial charge is 0.257 e. The molecule has 1 saturated heterocycles. The number of amides is 1. The number of nitrogens with one attached hydrogen (secondary N) is 1. The van der Waals surface area contributed by atoms with E-state index in [-0.39, 0.29) is 11.9 Å². The number of aliphatic hydroxyl groups is 1. The van der Waals surface area contributed by atoms with Crippen molar-refractivity contribution in [3.05, 3.63) is 41.0 Å². The lowest BCUT2D eigenvalue weighted by Crippen LogP contribution is -2.37. The standard InChI is InChI=1S/C17H20ClN3O2/c1-11(22)8-14-6-3-7-21(14)17(23)15-10-19-20-16(15)12-4-2-5-13(18)9-12/h2,4-5,9-11,14,22H,3,6-8H2,1H3,(H,19,20). The Balaban J connectivity index is 1.88. The Morgan fingerprint density at radius 3 is 3.13 bits per heavy atom. The third kappa shape index (κ3) is 3.41. The van der Waals surface area contributed by atoms with Gasteiger partial charge in [0.15, 0.2) is 0 Å². The third-order valence-corrected chi connectivity index (χ3v) is 4.47. The minimum Gasteiger partial charge on any atom is -0.393 e. The summed E-state index contributed by atoms with van der Waals surface area (Å²) in [5, 5.41) is 17.2.